The average molecular weight is 779 g/mol. The number of aryl methyl sites for hydroxylation is 3. The standard InChI is InChI=1S/C40H39ClN8O5S/c1-20(2)29-16-30(33(52)18-32(29)51)37-45-47-40(54)49(37)27-13-6-24(7-14-27)8-15-28(50)19-42-34(53)17-31-38-46-44-23(5)48(38)39-35(21(3)22(4)55-39)36(43-31)25-9-11-26(41)12-10-25/h6-7,9-14,16,18,20,31,51-52H,8,15,17,19H2,1-5H3,(H,42,53)(H,47,54)/t31-/m0/s1. The van der Waals surface area contributed by atoms with Crippen molar-refractivity contribution in [3.05, 3.63) is 121 Å². The van der Waals surface area contributed by atoms with Crippen LogP contribution >= 0.6 is 22.9 Å². The van der Waals surface area contributed by atoms with Gasteiger partial charge in [0, 0.05) is 33.5 Å². The Bertz CT molecular complexity index is 2530. The Labute approximate surface area is 325 Å². The number of halogens is 1. The number of aromatic nitrogens is 6. The van der Waals surface area contributed by atoms with Gasteiger partial charge in [-0.3, -0.25) is 19.1 Å². The number of aromatic hydroxyl groups is 2. The number of hydrogen-bond acceptors (Lipinski definition) is 10. The number of nitrogens with zero attached hydrogens (tertiary/aromatic N) is 6. The molecule has 7 rings (SSSR count). The van der Waals surface area contributed by atoms with Crippen LogP contribution in [-0.4, -0.2) is 63.7 Å². The molecule has 0 radical (unpaired) electrons. The van der Waals surface area contributed by atoms with Crippen LogP contribution in [0, 0.1) is 20.8 Å². The van der Waals surface area contributed by atoms with E-state index in [2.05, 4.69) is 39.6 Å². The van der Waals surface area contributed by atoms with Crippen molar-refractivity contribution in [1.29, 1.82) is 0 Å². The van der Waals surface area contributed by atoms with Gasteiger partial charge in [-0.05, 0) is 80.1 Å². The predicted octanol–water partition coefficient (Wildman–Crippen LogP) is 6.58. The molecule has 0 aliphatic carbocycles. The number of aromatic amines is 1. The third-order valence-corrected chi connectivity index (χ3v) is 11.2. The number of nitrogens with one attached hydrogen (secondary N) is 2. The summed E-state index contributed by atoms with van der Waals surface area (Å²) in [5.74, 6) is 0.660. The van der Waals surface area contributed by atoms with Crippen molar-refractivity contribution >= 4 is 40.3 Å². The first kappa shape index (κ1) is 37.5. The second-order valence-corrected chi connectivity index (χ2v) is 15.5. The number of rotatable bonds is 11. The summed E-state index contributed by atoms with van der Waals surface area (Å²) in [7, 11) is 0. The number of carbonyl (C=O) groups is 2. The van der Waals surface area contributed by atoms with E-state index in [-0.39, 0.29) is 54.3 Å². The zero-order valence-electron chi connectivity index (χ0n) is 30.8. The monoisotopic (exact) mass is 778 g/mol. The minimum absolute atomic E-state index is 0.0327. The molecule has 0 saturated carbocycles. The molecule has 0 fully saturated rings. The van der Waals surface area contributed by atoms with Gasteiger partial charge < -0.3 is 15.5 Å². The van der Waals surface area contributed by atoms with Crippen molar-refractivity contribution in [2.45, 2.75) is 65.8 Å². The molecule has 0 bridgehead atoms. The molecule has 3 aromatic carbocycles. The Hall–Kier alpha value is -5.86. The normalized spacial score (nSPS) is 13.7. The van der Waals surface area contributed by atoms with Crippen LogP contribution < -0.4 is 11.0 Å². The highest BCUT2D eigenvalue weighted by Gasteiger charge is 2.32. The largest absolute Gasteiger partial charge is 0.508 e. The van der Waals surface area contributed by atoms with Gasteiger partial charge in [-0.2, -0.15) is 5.10 Å². The van der Waals surface area contributed by atoms with E-state index < -0.39 is 11.7 Å². The number of benzene rings is 3. The first-order chi connectivity index (χ1) is 26.3. The second-order valence-electron chi connectivity index (χ2n) is 13.9. The van der Waals surface area contributed by atoms with Crippen molar-refractivity contribution in [3.63, 3.8) is 0 Å². The molecule has 1 aliphatic rings. The van der Waals surface area contributed by atoms with Gasteiger partial charge in [-0.15, -0.1) is 21.5 Å². The number of fused-ring (bicyclic) bond motifs is 3. The quantitative estimate of drug-likeness (QED) is 0.114. The molecule has 4 heterocycles. The topological polar surface area (TPSA) is 180 Å². The van der Waals surface area contributed by atoms with Gasteiger partial charge in [0.25, 0.3) is 0 Å². The first-order valence-corrected chi connectivity index (χ1v) is 19.0. The zero-order chi connectivity index (χ0) is 39.1. The molecule has 55 heavy (non-hydrogen) atoms. The molecule has 4 N–H and O–H groups in total. The van der Waals surface area contributed by atoms with E-state index in [1.54, 1.807) is 29.5 Å². The zero-order valence-corrected chi connectivity index (χ0v) is 32.4. The SMILES string of the molecule is Cc1sc2c(c1C)C(c1ccc(Cl)cc1)=N[C@@H](CC(=O)NCC(=O)CCc1ccc(-n3c(-c4cc(C(C)C)c(O)cc4O)n[nH]c3=O)cc1)c1nnc(C)n1-2. The van der Waals surface area contributed by atoms with Crippen LogP contribution in [0.5, 0.6) is 11.5 Å². The number of Topliss-reactive ketones (excluding diaryl/α,β-unsaturated/α-hetero) is 1. The molecular formula is C40H39ClN8O5S. The van der Waals surface area contributed by atoms with Crippen molar-refractivity contribution in [3.8, 4) is 33.6 Å². The van der Waals surface area contributed by atoms with Crippen LogP contribution in [-0.2, 0) is 16.0 Å². The van der Waals surface area contributed by atoms with E-state index in [0.29, 0.717) is 39.9 Å². The highest BCUT2D eigenvalue weighted by Crippen LogP contribution is 2.40. The number of amides is 1. The molecule has 0 spiro atoms. The van der Waals surface area contributed by atoms with E-state index in [1.807, 2.05) is 61.7 Å². The fourth-order valence-electron chi connectivity index (χ4n) is 6.71. The molecule has 0 saturated heterocycles. The summed E-state index contributed by atoms with van der Waals surface area (Å²) < 4.78 is 3.31. The summed E-state index contributed by atoms with van der Waals surface area (Å²) in [5.41, 5.74) is 5.42. The third-order valence-electron chi connectivity index (χ3n) is 9.79. The fourth-order valence-corrected chi connectivity index (χ4v) is 8.05. The van der Waals surface area contributed by atoms with Gasteiger partial charge in [0.05, 0.1) is 29.9 Å². The number of phenols is 2. The predicted molar refractivity (Wildman–Crippen MR) is 211 cm³/mol. The lowest BCUT2D eigenvalue weighted by molar-refractivity contribution is -0.125. The second kappa shape index (κ2) is 15.1. The first-order valence-electron chi connectivity index (χ1n) is 17.8. The van der Waals surface area contributed by atoms with E-state index in [9.17, 15) is 24.6 Å². The highest BCUT2D eigenvalue weighted by molar-refractivity contribution is 7.15. The molecular weight excluding hydrogens is 740 g/mol. The number of H-pyrrole nitrogens is 1. The van der Waals surface area contributed by atoms with E-state index >= 15 is 0 Å². The Morgan fingerprint density at radius 1 is 0.982 bits per heavy atom. The number of ketones is 1. The van der Waals surface area contributed by atoms with Gasteiger partial charge >= 0.3 is 5.69 Å². The van der Waals surface area contributed by atoms with Crippen LogP contribution in [0.1, 0.15) is 83.0 Å². The summed E-state index contributed by atoms with van der Waals surface area (Å²) in [6.07, 6.45) is 0.567. The van der Waals surface area contributed by atoms with Crippen molar-refractivity contribution in [2.75, 3.05) is 6.54 Å². The molecule has 6 aromatic rings. The summed E-state index contributed by atoms with van der Waals surface area (Å²) in [5, 5.41) is 40.6. The maximum Gasteiger partial charge on any atom is 0.348 e. The smallest absolute Gasteiger partial charge is 0.348 e. The average Bonchev–Trinajstić information content (AvgIpc) is 3.79. The van der Waals surface area contributed by atoms with E-state index in [1.165, 1.54) is 10.6 Å². The van der Waals surface area contributed by atoms with Gasteiger partial charge in [0.15, 0.2) is 17.4 Å². The molecule has 15 heteroatoms. The maximum absolute atomic E-state index is 13.4. The molecule has 1 aliphatic heterocycles. The maximum atomic E-state index is 13.4. The van der Waals surface area contributed by atoms with Gasteiger partial charge in [0.1, 0.15) is 28.4 Å². The summed E-state index contributed by atoms with van der Waals surface area (Å²) in [6, 6.07) is 16.8. The minimum atomic E-state index is -0.654. The Kier molecular flexibility index (Phi) is 10.3. The highest BCUT2D eigenvalue weighted by atomic mass is 35.5. The van der Waals surface area contributed by atoms with Gasteiger partial charge in [-0.25, -0.2) is 14.5 Å². The van der Waals surface area contributed by atoms with Gasteiger partial charge in [0.2, 0.25) is 5.91 Å². The summed E-state index contributed by atoms with van der Waals surface area (Å²) in [6.45, 7) is 9.68. The van der Waals surface area contributed by atoms with Crippen LogP contribution in [0.15, 0.2) is 70.5 Å². The molecule has 3 aromatic heterocycles. The lowest BCUT2D eigenvalue weighted by atomic mass is 9.98. The van der Waals surface area contributed by atoms with Crippen molar-refractivity contribution in [1.82, 2.24) is 34.8 Å². The number of hydrogen-bond donors (Lipinski definition) is 4. The lowest BCUT2D eigenvalue weighted by Gasteiger charge is -2.13. The summed E-state index contributed by atoms with van der Waals surface area (Å²) in [4.78, 5) is 45.4. The number of aliphatic imine (C=N–C) groups is 1. The van der Waals surface area contributed by atoms with Crippen LogP contribution in [0.4, 0.5) is 0 Å². The van der Waals surface area contributed by atoms with Crippen LogP contribution in [0.3, 0.4) is 0 Å². The molecule has 282 valence electrons. The van der Waals surface area contributed by atoms with Crippen LogP contribution in [0.2, 0.25) is 5.02 Å². The Morgan fingerprint density at radius 3 is 2.42 bits per heavy atom. The summed E-state index contributed by atoms with van der Waals surface area (Å²) >= 11 is 7.85. The minimum Gasteiger partial charge on any atom is -0.508 e. The fraction of sp³-hybridized carbons (Fsp3) is 0.275. The number of thiophene rings is 1. The number of carbonyl (C=O) groups excluding carboxylic acids is 2. The molecule has 1 atom stereocenters. The molecule has 13 nitrogen and oxygen atoms in total. The molecule has 1 amide bonds. The Morgan fingerprint density at radius 2 is 1.71 bits per heavy atom. The number of phenolic OH excluding ortho intramolecular Hbond substituents is 2. The third kappa shape index (κ3) is 7.34. The van der Waals surface area contributed by atoms with E-state index in [0.717, 1.165) is 37.8 Å². The Balaban J connectivity index is 1.02. The lowest BCUT2D eigenvalue weighted by Crippen LogP contribution is -2.31. The van der Waals surface area contributed by atoms with Crippen molar-refractivity contribution in [2.24, 2.45) is 4.99 Å². The van der Waals surface area contributed by atoms with Gasteiger partial charge in [-0.1, -0.05) is 49.7 Å². The molecule has 0 unspecified atom stereocenters. The van der Waals surface area contributed by atoms with Crippen LogP contribution in [0.25, 0.3) is 22.1 Å². The van der Waals surface area contributed by atoms with Crippen molar-refractivity contribution < 1.29 is 19.8 Å². The van der Waals surface area contributed by atoms with E-state index in [4.69, 9.17) is 16.6 Å².